The molecule has 4 rings (SSSR count). The SMILES string of the molecule is COc1ccc(C(=O)N2CCc3cccc(COc4ccc(CCC(=O)O)c(F)c4)c32)cc1. The van der Waals surface area contributed by atoms with Gasteiger partial charge in [-0.1, -0.05) is 24.3 Å². The molecule has 0 saturated carbocycles. The predicted octanol–water partition coefficient (Wildman–Crippen LogP) is 4.63. The number of ether oxygens (including phenoxy) is 2. The Labute approximate surface area is 191 Å². The molecular formula is C26H24FNO5. The number of amides is 1. The molecule has 0 aliphatic carbocycles. The number of carboxylic acid groups (broad SMARTS) is 1. The standard InChI is InChI=1S/C26H24FNO5/c1-32-21-9-6-19(7-10-21)26(31)28-14-13-18-3-2-4-20(25(18)28)16-33-22-11-5-17(23(27)15-22)8-12-24(29)30/h2-7,9-11,15H,8,12-14,16H2,1H3,(H,29,30). The largest absolute Gasteiger partial charge is 0.497 e. The number of methoxy groups -OCH3 is 1. The molecule has 0 aromatic heterocycles. The number of aliphatic carboxylic acids is 1. The number of carbonyl (C=O) groups is 2. The number of aryl methyl sites for hydroxylation is 1. The zero-order valence-electron chi connectivity index (χ0n) is 18.2. The zero-order chi connectivity index (χ0) is 23.4. The van der Waals surface area contributed by atoms with Gasteiger partial charge >= 0.3 is 5.97 Å². The van der Waals surface area contributed by atoms with Crippen molar-refractivity contribution in [1.29, 1.82) is 0 Å². The van der Waals surface area contributed by atoms with Crippen LogP contribution in [0, 0.1) is 5.82 Å². The summed E-state index contributed by atoms with van der Waals surface area (Å²) in [5, 5.41) is 8.78. The number of anilines is 1. The van der Waals surface area contributed by atoms with Crippen molar-refractivity contribution in [2.24, 2.45) is 0 Å². The molecule has 170 valence electrons. The van der Waals surface area contributed by atoms with Crippen molar-refractivity contribution in [3.05, 3.63) is 88.7 Å². The summed E-state index contributed by atoms with van der Waals surface area (Å²) < 4.78 is 25.3. The lowest BCUT2D eigenvalue weighted by molar-refractivity contribution is -0.136. The molecule has 33 heavy (non-hydrogen) atoms. The van der Waals surface area contributed by atoms with Gasteiger partial charge < -0.3 is 19.5 Å². The van der Waals surface area contributed by atoms with Crippen molar-refractivity contribution < 1.29 is 28.6 Å². The maximum atomic E-state index is 14.3. The second-order valence-electron chi connectivity index (χ2n) is 7.80. The van der Waals surface area contributed by atoms with E-state index in [1.165, 1.54) is 6.07 Å². The molecule has 0 bridgehead atoms. The minimum Gasteiger partial charge on any atom is -0.497 e. The first kappa shape index (κ1) is 22.3. The van der Waals surface area contributed by atoms with E-state index in [9.17, 15) is 14.0 Å². The highest BCUT2D eigenvalue weighted by Crippen LogP contribution is 2.34. The Bertz CT molecular complexity index is 1180. The monoisotopic (exact) mass is 449 g/mol. The Morgan fingerprint density at radius 3 is 2.48 bits per heavy atom. The van der Waals surface area contributed by atoms with E-state index in [1.54, 1.807) is 48.4 Å². The van der Waals surface area contributed by atoms with Gasteiger partial charge in [0.15, 0.2) is 0 Å². The summed E-state index contributed by atoms with van der Waals surface area (Å²) in [6.45, 7) is 0.744. The molecule has 1 amide bonds. The Kier molecular flexibility index (Phi) is 6.58. The zero-order valence-corrected chi connectivity index (χ0v) is 18.2. The molecule has 0 spiro atoms. The van der Waals surface area contributed by atoms with Gasteiger partial charge in [0.1, 0.15) is 23.9 Å². The Morgan fingerprint density at radius 2 is 1.79 bits per heavy atom. The fourth-order valence-corrected chi connectivity index (χ4v) is 3.97. The third-order valence-electron chi connectivity index (χ3n) is 5.69. The molecule has 0 radical (unpaired) electrons. The second kappa shape index (κ2) is 9.73. The van der Waals surface area contributed by atoms with Crippen molar-refractivity contribution in [3.8, 4) is 11.5 Å². The second-order valence-corrected chi connectivity index (χ2v) is 7.80. The summed E-state index contributed by atoms with van der Waals surface area (Å²) in [5.74, 6) is -0.540. The molecular weight excluding hydrogens is 425 g/mol. The van der Waals surface area contributed by atoms with Crippen LogP contribution in [0.25, 0.3) is 0 Å². The van der Waals surface area contributed by atoms with E-state index in [0.717, 1.165) is 23.2 Å². The maximum Gasteiger partial charge on any atom is 0.303 e. The first-order chi connectivity index (χ1) is 16.0. The van der Waals surface area contributed by atoms with Crippen LogP contribution < -0.4 is 14.4 Å². The number of hydrogen-bond donors (Lipinski definition) is 1. The predicted molar refractivity (Wildman–Crippen MR) is 122 cm³/mol. The van der Waals surface area contributed by atoms with E-state index in [4.69, 9.17) is 14.6 Å². The van der Waals surface area contributed by atoms with Crippen LogP contribution in [-0.4, -0.2) is 30.6 Å². The third-order valence-corrected chi connectivity index (χ3v) is 5.69. The van der Waals surface area contributed by atoms with E-state index in [-0.39, 0.29) is 25.4 Å². The lowest BCUT2D eigenvalue weighted by atomic mass is 10.1. The Hall–Kier alpha value is -3.87. The van der Waals surface area contributed by atoms with Crippen LogP contribution in [0.3, 0.4) is 0 Å². The van der Waals surface area contributed by atoms with Gasteiger partial charge in [0, 0.05) is 30.2 Å². The third kappa shape index (κ3) is 4.98. The number of benzene rings is 3. The highest BCUT2D eigenvalue weighted by molar-refractivity contribution is 6.07. The number of nitrogens with zero attached hydrogens (tertiary/aromatic N) is 1. The molecule has 0 saturated heterocycles. The number of halogens is 1. The molecule has 0 atom stereocenters. The van der Waals surface area contributed by atoms with Gasteiger partial charge in [-0.25, -0.2) is 4.39 Å². The topological polar surface area (TPSA) is 76.1 Å². The number of fused-ring (bicyclic) bond motifs is 1. The molecule has 3 aromatic rings. The van der Waals surface area contributed by atoms with E-state index in [0.29, 0.717) is 29.2 Å². The van der Waals surface area contributed by atoms with Crippen LogP contribution in [0.2, 0.25) is 0 Å². The van der Waals surface area contributed by atoms with Crippen LogP contribution in [0.4, 0.5) is 10.1 Å². The number of rotatable bonds is 8. The molecule has 0 unspecified atom stereocenters. The maximum absolute atomic E-state index is 14.3. The molecule has 6 nitrogen and oxygen atoms in total. The van der Waals surface area contributed by atoms with E-state index in [2.05, 4.69) is 0 Å². The first-order valence-electron chi connectivity index (χ1n) is 10.7. The quantitative estimate of drug-likeness (QED) is 0.543. The number of para-hydroxylation sites is 1. The van der Waals surface area contributed by atoms with E-state index >= 15 is 0 Å². The minimum atomic E-state index is -0.971. The summed E-state index contributed by atoms with van der Waals surface area (Å²) in [4.78, 5) is 25.7. The van der Waals surface area contributed by atoms with E-state index in [1.807, 2.05) is 18.2 Å². The van der Waals surface area contributed by atoms with Crippen molar-refractivity contribution in [3.63, 3.8) is 0 Å². The van der Waals surface area contributed by atoms with Gasteiger partial charge in [0.05, 0.1) is 12.8 Å². The molecule has 1 aliphatic heterocycles. The van der Waals surface area contributed by atoms with Crippen LogP contribution in [0.15, 0.2) is 60.7 Å². The smallest absolute Gasteiger partial charge is 0.303 e. The van der Waals surface area contributed by atoms with Crippen molar-refractivity contribution >= 4 is 17.6 Å². The summed E-state index contributed by atoms with van der Waals surface area (Å²) in [6.07, 6.45) is 0.735. The highest BCUT2D eigenvalue weighted by Gasteiger charge is 2.28. The number of carbonyl (C=O) groups excluding carboxylic acids is 1. The highest BCUT2D eigenvalue weighted by atomic mass is 19.1. The van der Waals surface area contributed by atoms with Gasteiger partial charge in [-0.3, -0.25) is 9.59 Å². The lowest BCUT2D eigenvalue weighted by Crippen LogP contribution is -2.29. The summed E-state index contributed by atoms with van der Waals surface area (Å²) in [5.41, 5.74) is 3.63. The Morgan fingerprint density at radius 1 is 1.03 bits per heavy atom. The first-order valence-corrected chi connectivity index (χ1v) is 10.7. The molecule has 0 fully saturated rings. The summed E-state index contributed by atoms with van der Waals surface area (Å²) in [6, 6.07) is 17.3. The van der Waals surface area contributed by atoms with Gasteiger partial charge in [0.2, 0.25) is 0 Å². The van der Waals surface area contributed by atoms with Gasteiger partial charge in [-0.05, 0) is 54.3 Å². The van der Waals surface area contributed by atoms with Crippen molar-refractivity contribution in [2.45, 2.75) is 25.9 Å². The molecule has 1 heterocycles. The van der Waals surface area contributed by atoms with Gasteiger partial charge in [-0.15, -0.1) is 0 Å². The van der Waals surface area contributed by atoms with Gasteiger partial charge in [0.25, 0.3) is 5.91 Å². The molecule has 7 heteroatoms. The van der Waals surface area contributed by atoms with Crippen LogP contribution in [0.5, 0.6) is 11.5 Å². The number of hydrogen-bond acceptors (Lipinski definition) is 4. The average molecular weight is 449 g/mol. The van der Waals surface area contributed by atoms with E-state index < -0.39 is 11.8 Å². The molecule has 3 aromatic carbocycles. The van der Waals surface area contributed by atoms with Crippen molar-refractivity contribution in [2.75, 3.05) is 18.6 Å². The molecule has 1 N–H and O–H groups in total. The fraction of sp³-hybridized carbons (Fsp3) is 0.231. The minimum absolute atomic E-state index is 0.0994. The van der Waals surface area contributed by atoms with Crippen LogP contribution >= 0.6 is 0 Å². The van der Waals surface area contributed by atoms with Crippen molar-refractivity contribution in [1.82, 2.24) is 0 Å². The van der Waals surface area contributed by atoms with Crippen LogP contribution in [-0.2, 0) is 24.2 Å². The fourth-order valence-electron chi connectivity index (χ4n) is 3.97. The molecule has 1 aliphatic rings. The summed E-state index contributed by atoms with van der Waals surface area (Å²) in [7, 11) is 1.58. The van der Waals surface area contributed by atoms with Gasteiger partial charge in [-0.2, -0.15) is 0 Å². The Balaban J connectivity index is 1.50. The lowest BCUT2D eigenvalue weighted by Gasteiger charge is -2.21. The van der Waals surface area contributed by atoms with Crippen LogP contribution in [0.1, 0.15) is 33.5 Å². The average Bonchev–Trinajstić information content (AvgIpc) is 3.26. The number of carboxylic acids is 1. The normalized spacial score (nSPS) is 12.4. The summed E-state index contributed by atoms with van der Waals surface area (Å²) >= 11 is 0.